The van der Waals surface area contributed by atoms with Crippen LogP contribution in [0.4, 0.5) is 0 Å². The third-order valence-corrected chi connectivity index (χ3v) is 4.47. The van der Waals surface area contributed by atoms with Crippen LogP contribution in [0.3, 0.4) is 0 Å². The van der Waals surface area contributed by atoms with Crippen molar-refractivity contribution >= 4 is 11.3 Å². The van der Waals surface area contributed by atoms with E-state index in [1.54, 1.807) is 0 Å². The molecule has 0 aliphatic heterocycles. The standard InChI is InChI=1S/C14H26N2S/c1-10(2)14(6,9-16-11(3)4)7-13-8-15-12(5)17-13/h8,10-11,16H,7,9H2,1-6H3. The molecule has 0 aliphatic carbocycles. The first-order valence-corrected chi connectivity index (χ1v) is 7.30. The van der Waals surface area contributed by atoms with Crippen molar-refractivity contribution in [2.45, 2.75) is 54.0 Å². The SMILES string of the molecule is Cc1ncc(CC(C)(CNC(C)C)C(C)C)s1. The van der Waals surface area contributed by atoms with Gasteiger partial charge in [0.25, 0.3) is 0 Å². The van der Waals surface area contributed by atoms with E-state index in [9.17, 15) is 0 Å². The Kier molecular flexibility index (Phi) is 5.14. The van der Waals surface area contributed by atoms with Crippen LogP contribution in [0.25, 0.3) is 0 Å². The highest BCUT2D eigenvalue weighted by Gasteiger charge is 2.29. The first-order valence-electron chi connectivity index (χ1n) is 6.48. The zero-order chi connectivity index (χ0) is 13.1. The van der Waals surface area contributed by atoms with Crippen molar-refractivity contribution in [2.75, 3.05) is 6.54 Å². The fourth-order valence-electron chi connectivity index (χ4n) is 1.79. The van der Waals surface area contributed by atoms with E-state index in [0.29, 0.717) is 17.4 Å². The van der Waals surface area contributed by atoms with Crippen LogP contribution < -0.4 is 5.32 Å². The molecular weight excluding hydrogens is 228 g/mol. The number of hydrogen-bond acceptors (Lipinski definition) is 3. The summed E-state index contributed by atoms with van der Waals surface area (Å²) in [6.45, 7) is 14.6. The second kappa shape index (κ2) is 5.96. The third-order valence-electron chi connectivity index (χ3n) is 3.56. The molecule has 1 heterocycles. The van der Waals surface area contributed by atoms with Gasteiger partial charge < -0.3 is 5.32 Å². The normalized spacial score (nSPS) is 15.5. The van der Waals surface area contributed by atoms with E-state index in [1.807, 2.05) is 17.5 Å². The van der Waals surface area contributed by atoms with Crippen molar-refractivity contribution in [2.24, 2.45) is 11.3 Å². The van der Waals surface area contributed by atoms with Crippen molar-refractivity contribution in [1.29, 1.82) is 0 Å². The molecule has 0 aromatic carbocycles. The predicted octanol–water partition coefficient (Wildman–Crippen LogP) is 3.65. The van der Waals surface area contributed by atoms with E-state index in [2.05, 4.69) is 51.8 Å². The van der Waals surface area contributed by atoms with E-state index in [4.69, 9.17) is 0 Å². The number of aromatic nitrogens is 1. The van der Waals surface area contributed by atoms with Crippen LogP contribution in [0.2, 0.25) is 0 Å². The van der Waals surface area contributed by atoms with Gasteiger partial charge in [0.05, 0.1) is 5.01 Å². The number of hydrogen-bond donors (Lipinski definition) is 1. The lowest BCUT2D eigenvalue weighted by atomic mass is 9.76. The second-order valence-corrected chi connectivity index (χ2v) is 7.19. The first kappa shape index (κ1) is 14.7. The van der Waals surface area contributed by atoms with Crippen molar-refractivity contribution < 1.29 is 0 Å². The average molecular weight is 254 g/mol. The summed E-state index contributed by atoms with van der Waals surface area (Å²) >= 11 is 1.83. The highest BCUT2D eigenvalue weighted by atomic mass is 32.1. The molecule has 1 N–H and O–H groups in total. The van der Waals surface area contributed by atoms with Gasteiger partial charge in [-0.2, -0.15) is 0 Å². The highest BCUT2D eigenvalue weighted by Crippen LogP contribution is 2.32. The van der Waals surface area contributed by atoms with Gasteiger partial charge >= 0.3 is 0 Å². The maximum atomic E-state index is 4.35. The maximum Gasteiger partial charge on any atom is 0.0896 e. The molecule has 17 heavy (non-hydrogen) atoms. The van der Waals surface area contributed by atoms with Crippen molar-refractivity contribution in [3.05, 3.63) is 16.1 Å². The summed E-state index contributed by atoms with van der Waals surface area (Å²) in [4.78, 5) is 5.76. The molecule has 2 nitrogen and oxygen atoms in total. The fraction of sp³-hybridized carbons (Fsp3) is 0.786. The zero-order valence-corrected chi connectivity index (χ0v) is 12.8. The van der Waals surface area contributed by atoms with Gasteiger partial charge in [0.15, 0.2) is 0 Å². The van der Waals surface area contributed by atoms with Crippen LogP contribution in [0.1, 0.15) is 44.5 Å². The summed E-state index contributed by atoms with van der Waals surface area (Å²) in [7, 11) is 0. The summed E-state index contributed by atoms with van der Waals surface area (Å²) in [5, 5.41) is 4.75. The summed E-state index contributed by atoms with van der Waals surface area (Å²) < 4.78 is 0. The summed E-state index contributed by atoms with van der Waals surface area (Å²) in [5.74, 6) is 0.663. The maximum absolute atomic E-state index is 4.35. The summed E-state index contributed by atoms with van der Waals surface area (Å²) in [5.41, 5.74) is 0.309. The van der Waals surface area contributed by atoms with E-state index in [0.717, 1.165) is 13.0 Å². The average Bonchev–Trinajstić information content (AvgIpc) is 2.60. The molecule has 1 aromatic rings. The van der Waals surface area contributed by atoms with Crippen LogP contribution >= 0.6 is 11.3 Å². The van der Waals surface area contributed by atoms with E-state index < -0.39 is 0 Å². The van der Waals surface area contributed by atoms with Crippen LogP contribution in [0.15, 0.2) is 6.20 Å². The highest BCUT2D eigenvalue weighted by molar-refractivity contribution is 7.11. The molecule has 3 heteroatoms. The second-order valence-electron chi connectivity index (χ2n) is 5.87. The van der Waals surface area contributed by atoms with E-state index >= 15 is 0 Å². The van der Waals surface area contributed by atoms with Crippen LogP contribution in [0.5, 0.6) is 0 Å². The molecule has 1 rings (SSSR count). The number of rotatable bonds is 6. The lowest BCUT2D eigenvalue weighted by Crippen LogP contribution is -2.40. The lowest BCUT2D eigenvalue weighted by Gasteiger charge is -2.34. The van der Waals surface area contributed by atoms with Gasteiger partial charge in [0.2, 0.25) is 0 Å². The number of nitrogens with zero attached hydrogens (tertiary/aromatic N) is 1. The summed E-state index contributed by atoms with van der Waals surface area (Å²) in [6, 6.07) is 0.552. The van der Waals surface area contributed by atoms with Crippen LogP contribution in [0, 0.1) is 18.3 Å². The molecule has 0 saturated heterocycles. The summed E-state index contributed by atoms with van der Waals surface area (Å²) in [6.07, 6.45) is 3.16. The minimum atomic E-state index is 0.309. The van der Waals surface area contributed by atoms with Gasteiger partial charge in [0, 0.05) is 23.7 Å². The van der Waals surface area contributed by atoms with Gasteiger partial charge in [-0.15, -0.1) is 11.3 Å². The number of nitrogens with one attached hydrogen (secondary N) is 1. The molecular formula is C14H26N2S. The third kappa shape index (κ3) is 4.40. The zero-order valence-electron chi connectivity index (χ0n) is 12.0. The van der Waals surface area contributed by atoms with Gasteiger partial charge in [0.1, 0.15) is 0 Å². The minimum Gasteiger partial charge on any atom is -0.314 e. The molecule has 0 spiro atoms. The Labute approximate surface area is 110 Å². The largest absolute Gasteiger partial charge is 0.314 e. The molecule has 0 fully saturated rings. The molecule has 1 atom stereocenters. The van der Waals surface area contributed by atoms with Gasteiger partial charge in [-0.05, 0) is 24.7 Å². The number of aryl methyl sites for hydroxylation is 1. The Morgan fingerprint density at radius 2 is 2.00 bits per heavy atom. The van der Waals surface area contributed by atoms with Gasteiger partial charge in [-0.1, -0.05) is 34.6 Å². The minimum absolute atomic E-state index is 0.309. The molecule has 0 radical (unpaired) electrons. The van der Waals surface area contributed by atoms with E-state index in [1.165, 1.54) is 9.88 Å². The molecule has 0 aliphatic rings. The Bertz CT molecular complexity index is 344. The fourth-order valence-corrected chi connectivity index (χ4v) is 2.79. The molecule has 0 amide bonds. The van der Waals surface area contributed by atoms with E-state index in [-0.39, 0.29) is 0 Å². The van der Waals surface area contributed by atoms with Gasteiger partial charge in [-0.25, -0.2) is 4.98 Å². The molecule has 98 valence electrons. The predicted molar refractivity (Wildman–Crippen MR) is 76.6 cm³/mol. The van der Waals surface area contributed by atoms with Gasteiger partial charge in [-0.3, -0.25) is 0 Å². The lowest BCUT2D eigenvalue weighted by molar-refractivity contribution is 0.203. The Balaban J connectivity index is 2.70. The quantitative estimate of drug-likeness (QED) is 0.838. The Hall–Kier alpha value is -0.410. The first-order chi connectivity index (χ1) is 7.83. The monoisotopic (exact) mass is 254 g/mol. The molecule has 0 saturated carbocycles. The Morgan fingerprint density at radius 3 is 2.41 bits per heavy atom. The van der Waals surface area contributed by atoms with Crippen molar-refractivity contribution in [3.63, 3.8) is 0 Å². The molecule has 0 bridgehead atoms. The molecule has 1 unspecified atom stereocenters. The Morgan fingerprint density at radius 1 is 1.35 bits per heavy atom. The number of thiazole rings is 1. The molecule has 1 aromatic heterocycles. The topological polar surface area (TPSA) is 24.9 Å². The smallest absolute Gasteiger partial charge is 0.0896 e. The van der Waals surface area contributed by atoms with Crippen LogP contribution in [-0.2, 0) is 6.42 Å². The van der Waals surface area contributed by atoms with Crippen LogP contribution in [-0.4, -0.2) is 17.6 Å². The van der Waals surface area contributed by atoms with Crippen molar-refractivity contribution in [3.8, 4) is 0 Å². The van der Waals surface area contributed by atoms with Crippen molar-refractivity contribution in [1.82, 2.24) is 10.3 Å².